The Kier molecular flexibility index (Phi) is 5.28. The minimum Gasteiger partial charge on any atom is -0.311 e. The molecule has 3 rings (SSSR count). The number of para-hydroxylation sites is 2. The van der Waals surface area contributed by atoms with Crippen molar-refractivity contribution in [2.45, 2.75) is 11.8 Å². The molecule has 0 spiro atoms. The number of rotatable bonds is 5. The summed E-state index contributed by atoms with van der Waals surface area (Å²) in [5.74, 6) is -0.211. The van der Waals surface area contributed by atoms with Gasteiger partial charge in [-0.05, 0) is 55.0 Å². The fourth-order valence-corrected chi connectivity index (χ4v) is 3.76. The summed E-state index contributed by atoms with van der Waals surface area (Å²) in [5.41, 5.74) is 2.54. The summed E-state index contributed by atoms with van der Waals surface area (Å²) in [4.78, 5) is 14.2. The molecule has 0 heterocycles. The Hall–Kier alpha value is -3.12. The zero-order valence-corrected chi connectivity index (χ0v) is 15.9. The van der Waals surface area contributed by atoms with Gasteiger partial charge in [-0.1, -0.05) is 36.4 Å². The molecule has 138 valence electrons. The number of nitrogens with zero attached hydrogens (tertiary/aromatic N) is 1. The second-order valence-electron chi connectivity index (χ2n) is 6.14. The van der Waals surface area contributed by atoms with E-state index >= 15 is 0 Å². The number of sulfonamides is 1. The van der Waals surface area contributed by atoms with Crippen molar-refractivity contribution in [3.63, 3.8) is 0 Å². The van der Waals surface area contributed by atoms with E-state index in [0.717, 1.165) is 11.3 Å². The number of hydrogen-bond donors (Lipinski definition) is 1. The fourth-order valence-electron chi connectivity index (χ4n) is 2.63. The molecule has 0 bridgehead atoms. The summed E-state index contributed by atoms with van der Waals surface area (Å²) < 4.78 is 27.7. The Morgan fingerprint density at radius 3 is 2.07 bits per heavy atom. The number of benzene rings is 3. The van der Waals surface area contributed by atoms with Crippen LogP contribution in [-0.2, 0) is 10.0 Å². The minimum atomic E-state index is -3.73. The van der Waals surface area contributed by atoms with Crippen LogP contribution in [0.3, 0.4) is 0 Å². The van der Waals surface area contributed by atoms with Crippen molar-refractivity contribution in [1.29, 1.82) is 0 Å². The number of aryl methyl sites for hydroxylation is 1. The largest absolute Gasteiger partial charge is 0.311 e. The first-order chi connectivity index (χ1) is 12.9. The van der Waals surface area contributed by atoms with E-state index in [0.29, 0.717) is 11.3 Å². The molecule has 1 amide bonds. The van der Waals surface area contributed by atoms with Crippen LogP contribution in [0.2, 0.25) is 0 Å². The summed E-state index contributed by atoms with van der Waals surface area (Å²) in [6.45, 7) is 1.83. The highest BCUT2D eigenvalue weighted by molar-refractivity contribution is 7.92. The Morgan fingerprint density at radius 1 is 0.852 bits per heavy atom. The van der Waals surface area contributed by atoms with Gasteiger partial charge in [0.1, 0.15) is 0 Å². The van der Waals surface area contributed by atoms with Crippen molar-refractivity contribution in [3.8, 4) is 0 Å². The van der Waals surface area contributed by atoms with E-state index in [1.165, 1.54) is 29.2 Å². The molecule has 0 atom stereocenters. The van der Waals surface area contributed by atoms with Crippen molar-refractivity contribution >= 4 is 27.3 Å². The van der Waals surface area contributed by atoms with Gasteiger partial charge in [0.05, 0.1) is 10.6 Å². The van der Waals surface area contributed by atoms with Crippen molar-refractivity contribution < 1.29 is 13.2 Å². The summed E-state index contributed by atoms with van der Waals surface area (Å²) in [5, 5.41) is 0. The molecule has 27 heavy (non-hydrogen) atoms. The van der Waals surface area contributed by atoms with Gasteiger partial charge in [-0.15, -0.1) is 0 Å². The van der Waals surface area contributed by atoms with Crippen molar-refractivity contribution in [3.05, 3.63) is 90.0 Å². The third kappa shape index (κ3) is 4.17. The van der Waals surface area contributed by atoms with E-state index in [9.17, 15) is 13.2 Å². The smallest absolute Gasteiger partial charge is 0.261 e. The standard InChI is InChI=1S/C21H20N2O3S/c1-16-8-6-7-11-20(16)22-27(25,26)19-14-12-17(13-15-19)21(24)23(2)18-9-4-3-5-10-18/h3-15,22H,1-2H3. The van der Waals surface area contributed by atoms with Gasteiger partial charge >= 0.3 is 0 Å². The lowest BCUT2D eigenvalue weighted by molar-refractivity contribution is 0.0993. The lowest BCUT2D eigenvalue weighted by Crippen LogP contribution is -2.26. The molecule has 6 heteroatoms. The van der Waals surface area contributed by atoms with Crippen LogP contribution in [-0.4, -0.2) is 21.4 Å². The molecule has 0 aliphatic heterocycles. The van der Waals surface area contributed by atoms with Crippen molar-refractivity contribution in [1.82, 2.24) is 0 Å². The number of carbonyl (C=O) groups excluding carboxylic acids is 1. The van der Waals surface area contributed by atoms with Crippen LogP contribution in [0.4, 0.5) is 11.4 Å². The monoisotopic (exact) mass is 380 g/mol. The number of carbonyl (C=O) groups is 1. The SMILES string of the molecule is Cc1ccccc1NS(=O)(=O)c1ccc(C(=O)N(C)c2ccccc2)cc1. The Morgan fingerprint density at radius 2 is 1.44 bits per heavy atom. The molecule has 0 saturated heterocycles. The first kappa shape index (κ1) is 18.7. The molecule has 0 radical (unpaired) electrons. The normalized spacial score (nSPS) is 11.0. The predicted octanol–water partition coefficient (Wildman–Crippen LogP) is 4.07. The average Bonchev–Trinajstić information content (AvgIpc) is 2.69. The topological polar surface area (TPSA) is 66.5 Å². The van der Waals surface area contributed by atoms with Crippen LogP contribution >= 0.6 is 0 Å². The lowest BCUT2D eigenvalue weighted by atomic mass is 10.2. The van der Waals surface area contributed by atoms with Crippen molar-refractivity contribution in [2.24, 2.45) is 0 Å². The van der Waals surface area contributed by atoms with Gasteiger partial charge < -0.3 is 4.90 Å². The van der Waals surface area contributed by atoms with Crippen LogP contribution in [0.1, 0.15) is 15.9 Å². The maximum Gasteiger partial charge on any atom is 0.261 e. The third-order valence-electron chi connectivity index (χ3n) is 4.25. The fraction of sp³-hybridized carbons (Fsp3) is 0.0952. The highest BCUT2D eigenvalue weighted by atomic mass is 32.2. The van der Waals surface area contributed by atoms with E-state index in [4.69, 9.17) is 0 Å². The summed E-state index contributed by atoms with van der Waals surface area (Å²) in [6.07, 6.45) is 0. The molecule has 0 aliphatic rings. The van der Waals surface area contributed by atoms with Gasteiger partial charge in [0.15, 0.2) is 0 Å². The highest BCUT2D eigenvalue weighted by Crippen LogP contribution is 2.21. The molecule has 0 saturated carbocycles. The number of nitrogens with one attached hydrogen (secondary N) is 1. The van der Waals surface area contributed by atoms with Gasteiger partial charge in [-0.3, -0.25) is 9.52 Å². The van der Waals surface area contributed by atoms with E-state index in [-0.39, 0.29) is 10.8 Å². The Balaban J connectivity index is 1.80. The maximum atomic E-state index is 12.6. The molecule has 3 aromatic rings. The maximum absolute atomic E-state index is 12.6. The van der Waals surface area contributed by atoms with Gasteiger partial charge in [0.2, 0.25) is 0 Å². The van der Waals surface area contributed by atoms with Gasteiger partial charge in [0.25, 0.3) is 15.9 Å². The first-order valence-electron chi connectivity index (χ1n) is 8.40. The summed E-state index contributed by atoms with van der Waals surface area (Å²) in [6, 6.07) is 22.3. The van der Waals surface area contributed by atoms with Gasteiger partial charge in [-0.2, -0.15) is 0 Å². The molecule has 0 aromatic heterocycles. The van der Waals surface area contributed by atoms with Crippen LogP contribution in [0.25, 0.3) is 0 Å². The summed E-state index contributed by atoms with van der Waals surface area (Å²) in [7, 11) is -2.04. The van der Waals surface area contributed by atoms with E-state index in [2.05, 4.69) is 4.72 Å². The molecule has 5 nitrogen and oxygen atoms in total. The van der Waals surface area contributed by atoms with Crippen molar-refractivity contribution in [2.75, 3.05) is 16.7 Å². The number of anilines is 2. The second-order valence-corrected chi connectivity index (χ2v) is 7.83. The molecular weight excluding hydrogens is 360 g/mol. The average molecular weight is 380 g/mol. The number of hydrogen-bond acceptors (Lipinski definition) is 3. The van der Waals surface area contributed by atoms with E-state index in [1.807, 2.05) is 49.4 Å². The van der Waals surface area contributed by atoms with Gasteiger partial charge in [-0.25, -0.2) is 8.42 Å². The van der Waals surface area contributed by atoms with E-state index < -0.39 is 10.0 Å². The molecule has 0 unspecified atom stereocenters. The van der Waals surface area contributed by atoms with E-state index in [1.54, 1.807) is 19.2 Å². The minimum absolute atomic E-state index is 0.102. The van der Waals surface area contributed by atoms with Crippen LogP contribution in [0.5, 0.6) is 0 Å². The number of amides is 1. The predicted molar refractivity (Wildman–Crippen MR) is 108 cm³/mol. The second kappa shape index (κ2) is 7.63. The molecule has 3 aromatic carbocycles. The van der Waals surface area contributed by atoms with Crippen LogP contribution in [0.15, 0.2) is 83.8 Å². The zero-order valence-electron chi connectivity index (χ0n) is 15.1. The molecule has 1 N–H and O–H groups in total. The molecule has 0 aliphatic carbocycles. The highest BCUT2D eigenvalue weighted by Gasteiger charge is 2.18. The quantitative estimate of drug-likeness (QED) is 0.725. The lowest BCUT2D eigenvalue weighted by Gasteiger charge is -2.17. The third-order valence-corrected chi connectivity index (χ3v) is 5.63. The van der Waals surface area contributed by atoms with Crippen LogP contribution in [0, 0.1) is 6.92 Å². The first-order valence-corrected chi connectivity index (χ1v) is 9.88. The van der Waals surface area contributed by atoms with Gasteiger partial charge in [0, 0.05) is 18.3 Å². The Bertz CT molecular complexity index is 1050. The zero-order chi connectivity index (χ0) is 19.4. The van der Waals surface area contributed by atoms with Crippen LogP contribution < -0.4 is 9.62 Å². The molecular formula is C21H20N2O3S. The summed E-state index contributed by atoms with van der Waals surface area (Å²) >= 11 is 0. The Labute approximate surface area is 159 Å². The molecule has 0 fully saturated rings.